The van der Waals surface area contributed by atoms with Gasteiger partial charge >= 0.3 is 5.97 Å². The van der Waals surface area contributed by atoms with Crippen molar-refractivity contribution in [3.05, 3.63) is 35.5 Å². The van der Waals surface area contributed by atoms with E-state index in [1.54, 1.807) is 6.92 Å². The van der Waals surface area contributed by atoms with Crippen molar-refractivity contribution in [2.24, 2.45) is 0 Å². The van der Waals surface area contributed by atoms with Gasteiger partial charge in [0.1, 0.15) is 11.3 Å². The Bertz CT molecular complexity index is 933. The Morgan fingerprint density at radius 3 is 2.50 bits per heavy atom. The molecule has 1 aliphatic heterocycles. The lowest BCUT2D eigenvalue weighted by Crippen LogP contribution is -2.32. The molecule has 0 spiro atoms. The number of aromatic nitrogens is 2. The third kappa shape index (κ3) is 4.50. The molecule has 152 valence electrons. The van der Waals surface area contributed by atoms with Gasteiger partial charge in [0.25, 0.3) is 5.89 Å². The molecule has 9 nitrogen and oxygen atoms in total. The Balaban J connectivity index is 1.83. The second kappa shape index (κ2) is 8.70. The summed E-state index contributed by atoms with van der Waals surface area (Å²) in [5.41, 5.74) is 0.0228. The normalized spacial score (nSPS) is 15.8. The first kappa shape index (κ1) is 20.3. The number of sulfonamides is 1. The Hall–Kier alpha value is -2.46. The third-order valence-corrected chi connectivity index (χ3v) is 6.38. The van der Waals surface area contributed by atoms with Gasteiger partial charge in [0.2, 0.25) is 15.9 Å². The van der Waals surface area contributed by atoms with Crippen molar-refractivity contribution < 1.29 is 27.1 Å². The van der Waals surface area contributed by atoms with E-state index in [0.717, 1.165) is 25.7 Å². The number of methoxy groups -OCH3 is 1. The highest BCUT2D eigenvalue weighted by Crippen LogP contribution is 2.27. The topological polar surface area (TPSA) is 112 Å². The predicted molar refractivity (Wildman–Crippen MR) is 98.4 cm³/mol. The van der Waals surface area contributed by atoms with Crippen LogP contribution in [0.2, 0.25) is 0 Å². The van der Waals surface area contributed by atoms with Crippen LogP contribution in [0, 0.1) is 6.92 Å². The molecule has 0 atom stereocenters. The van der Waals surface area contributed by atoms with Gasteiger partial charge in [-0.3, -0.25) is 0 Å². The van der Waals surface area contributed by atoms with Gasteiger partial charge in [-0.25, -0.2) is 13.2 Å². The molecule has 10 heteroatoms. The second-order valence-corrected chi connectivity index (χ2v) is 8.41. The molecule has 1 aromatic heterocycles. The molecule has 1 saturated heterocycles. The first-order valence-electron chi connectivity index (χ1n) is 9.06. The number of aryl methyl sites for hydroxylation is 1. The lowest BCUT2D eigenvalue weighted by Gasteiger charge is -2.20. The summed E-state index contributed by atoms with van der Waals surface area (Å²) in [5, 5.41) is 7.41. The van der Waals surface area contributed by atoms with Crippen LogP contribution in [0.5, 0.6) is 5.75 Å². The van der Waals surface area contributed by atoms with Crippen molar-refractivity contribution in [2.75, 3.05) is 20.2 Å². The summed E-state index contributed by atoms with van der Waals surface area (Å²) in [6.45, 7) is 2.36. The zero-order valence-electron chi connectivity index (χ0n) is 15.9. The fraction of sp³-hybridized carbons (Fsp3) is 0.500. The molecular weight excluding hydrogens is 386 g/mol. The molecule has 1 fully saturated rings. The van der Waals surface area contributed by atoms with Crippen LogP contribution in [0.15, 0.2) is 27.5 Å². The minimum Gasteiger partial charge on any atom is -0.496 e. The van der Waals surface area contributed by atoms with Crippen LogP contribution < -0.4 is 4.74 Å². The van der Waals surface area contributed by atoms with E-state index in [1.165, 1.54) is 29.6 Å². The molecule has 1 aliphatic rings. The molecule has 2 aromatic rings. The minimum atomic E-state index is -3.70. The number of carbonyl (C=O) groups is 1. The zero-order chi connectivity index (χ0) is 20.1. The maximum absolute atomic E-state index is 13.0. The highest BCUT2D eigenvalue weighted by atomic mass is 32.2. The Kier molecular flexibility index (Phi) is 6.30. The molecule has 0 amide bonds. The molecule has 0 radical (unpaired) electrons. The van der Waals surface area contributed by atoms with Crippen LogP contribution in [0.1, 0.15) is 47.8 Å². The quantitative estimate of drug-likeness (QED) is 0.668. The Labute approximate surface area is 163 Å². The van der Waals surface area contributed by atoms with Gasteiger partial charge in [0, 0.05) is 20.0 Å². The summed E-state index contributed by atoms with van der Waals surface area (Å²) in [5.74, 6) is -0.00512. The number of carbonyl (C=O) groups excluding carboxylic acids is 1. The largest absolute Gasteiger partial charge is 0.496 e. The van der Waals surface area contributed by atoms with Gasteiger partial charge in [0.15, 0.2) is 6.61 Å². The number of hydrogen-bond acceptors (Lipinski definition) is 8. The third-order valence-electron chi connectivity index (χ3n) is 4.49. The summed E-state index contributed by atoms with van der Waals surface area (Å²) in [6, 6.07) is 4.19. The van der Waals surface area contributed by atoms with Crippen LogP contribution in [0.25, 0.3) is 0 Å². The average Bonchev–Trinajstić information content (AvgIpc) is 2.93. The minimum absolute atomic E-state index is 0.0228. The van der Waals surface area contributed by atoms with Crippen molar-refractivity contribution in [3.63, 3.8) is 0 Å². The summed E-state index contributed by atoms with van der Waals surface area (Å²) in [4.78, 5) is 12.6. The van der Waals surface area contributed by atoms with Crippen molar-refractivity contribution in [1.82, 2.24) is 14.5 Å². The number of nitrogens with zero attached hydrogens (tertiary/aromatic N) is 3. The van der Waals surface area contributed by atoms with E-state index in [-0.39, 0.29) is 28.7 Å². The molecule has 2 heterocycles. The van der Waals surface area contributed by atoms with Crippen molar-refractivity contribution in [3.8, 4) is 5.75 Å². The lowest BCUT2D eigenvalue weighted by atomic mass is 10.2. The van der Waals surface area contributed by atoms with Crippen LogP contribution in [0.3, 0.4) is 0 Å². The van der Waals surface area contributed by atoms with Gasteiger partial charge in [-0.05, 0) is 31.0 Å². The molecular formula is C18H23N3O6S. The van der Waals surface area contributed by atoms with Crippen LogP contribution in [-0.4, -0.2) is 49.1 Å². The van der Waals surface area contributed by atoms with Gasteiger partial charge < -0.3 is 13.9 Å². The predicted octanol–water partition coefficient (Wildman–Crippen LogP) is 2.31. The molecule has 1 aromatic carbocycles. The number of ether oxygens (including phenoxy) is 2. The maximum atomic E-state index is 13.0. The Morgan fingerprint density at radius 1 is 1.18 bits per heavy atom. The SMILES string of the molecule is COc1ccc(S(=O)(=O)N2CCCCCC2)cc1C(=O)OCc1nnc(C)o1. The van der Waals surface area contributed by atoms with Crippen LogP contribution >= 0.6 is 0 Å². The molecule has 0 unspecified atom stereocenters. The highest BCUT2D eigenvalue weighted by molar-refractivity contribution is 7.89. The fourth-order valence-corrected chi connectivity index (χ4v) is 4.58. The van der Waals surface area contributed by atoms with Crippen molar-refractivity contribution in [1.29, 1.82) is 0 Å². The van der Waals surface area contributed by atoms with E-state index >= 15 is 0 Å². The molecule has 0 aliphatic carbocycles. The standard InChI is InChI=1S/C18H23N3O6S/c1-13-19-20-17(27-13)12-26-18(22)15-11-14(7-8-16(15)25-2)28(23,24)21-9-5-3-4-6-10-21/h7-8,11H,3-6,9-10,12H2,1-2H3. The monoisotopic (exact) mass is 409 g/mol. The summed E-state index contributed by atoms with van der Waals surface area (Å²) >= 11 is 0. The van der Waals surface area contributed by atoms with E-state index < -0.39 is 16.0 Å². The molecule has 3 rings (SSSR count). The number of benzene rings is 1. The highest BCUT2D eigenvalue weighted by Gasteiger charge is 2.27. The summed E-state index contributed by atoms with van der Waals surface area (Å²) in [7, 11) is -2.30. The summed E-state index contributed by atoms with van der Waals surface area (Å²) < 4.78 is 43.0. The van der Waals surface area contributed by atoms with E-state index in [0.29, 0.717) is 19.0 Å². The van der Waals surface area contributed by atoms with Crippen molar-refractivity contribution in [2.45, 2.75) is 44.1 Å². The van der Waals surface area contributed by atoms with Crippen LogP contribution in [-0.2, 0) is 21.4 Å². The van der Waals surface area contributed by atoms with Gasteiger partial charge in [0.05, 0.1) is 12.0 Å². The zero-order valence-corrected chi connectivity index (χ0v) is 16.7. The van der Waals surface area contributed by atoms with Gasteiger partial charge in [-0.1, -0.05) is 12.8 Å². The van der Waals surface area contributed by atoms with Crippen molar-refractivity contribution >= 4 is 16.0 Å². The Morgan fingerprint density at radius 2 is 1.89 bits per heavy atom. The lowest BCUT2D eigenvalue weighted by molar-refractivity contribution is 0.0433. The van der Waals surface area contributed by atoms with Crippen LogP contribution in [0.4, 0.5) is 0 Å². The van der Waals surface area contributed by atoms with Gasteiger partial charge in [-0.2, -0.15) is 4.31 Å². The molecule has 0 N–H and O–H groups in total. The second-order valence-electron chi connectivity index (χ2n) is 6.47. The van der Waals surface area contributed by atoms with E-state index in [9.17, 15) is 13.2 Å². The fourth-order valence-electron chi connectivity index (χ4n) is 3.04. The van der Waals surface area contributed by atoms with Gasteiger partial charge in [-0.15, -0.1) is 10.2 Å². The molecule has 0 saturated carbocycles. The molecule has 0 bridgehead atoms. The number of hydrogen-bond donors (Lipinski definition) is 0. The number of esters is 1. The molecule has 28 heavy (non-hydrogen) atoms. The number of rotatable bonds is 6. The first-order chi connectivity index (χ1) is 13.4. The van der Waals surface area contributed by atoms with E-state index in [4.69, 9.17) is 13.9 Å². The van der Waals surface area contributed by atoms with E-state index in [1.807, 2.05) is 0 Å². The summed E-state index contributed by atoms with van der Waals surface area (Å²) in [6.07, 6.45) is 3.68. The average molecular weight is 409 g/mol. The van der Waals surface area contributed by atoms with E-state index in [2.05, 4.69) is 10.2 Å². The first-order valence-corrected chi connectivity index (χ1v) is 10.5. The smallest absolute Gasteiger partial charge is 0.342 e. The maximum Gasteiger partial charge on any atom is 0.342 e.